The van der Waals surface area contributed by atoms with Gasteiger partial charge in [-0.2, -0.15) is 0 Å². The Morgan fingerprint density at radius 3 is 2.70 bits per heavy atom. The Bertz CT molecular complexity index is 95.8. The highest BCUT2D eigenvalue weighted by molar-refractivity contribution is 4.83. The van der Waals surface area contributed by atoms with Gasteiger partial charge in [0.05, 0.1) is 12.7 Å². The molecule has 0 aromatic carbocycles. The Balaban J connectivity index is 2.41. The van der Waals surface area contributed by atoms with Gasteiger partial charge in [-0.1, -0.05) is 6.92 Å². The summed E-state index contributed by atoms with van der Waals surface area (Å²) in [5.41, 5.74) is 0. The third-order valence-corrected chi connectivity index (χ3v) is 2.12. The van der Waals surface area contributed by atoms with E-state index >= 15 is 0 Å². The van der Waals surface area contributed by atoms with Gasteiger partial charge in [0, 0.05) is 12.6 Å². The molecule has 2 atom stereocenters. The van der Waals surface area contributed by atoms with Crippen molar-refractivity contribution >= 4 is 0 Å². The van der Waals surface area contributed by atoms with Crippen molar-refractivity contribution in [2.24, 2.45) is 0 Å². The molecule has 0 saturated carbocycles. The first kappa shape index (κ1) is 7.98. The summed E-state index contributed by atoms with van der Waals surface area (Å²) in [6.07, 6.45) is 0.502. The molecule has 60 valence electrons. The summed E-state index contributed by atoms with van der Waals surface area (Å²) in [7, 11) is 0. The predicted octanol–water partition coefficient (Wildman–Crippen LogP) is -0.566. The molecule has 0 radical (unpaired) electrons. The van der Waals surface area contributed by atoms with E-state index < -0.39 is 0 Å². The lowest BCUT2D eigenvalue weighted by molar-refractivity contribution is 0.161. The maximum atomic E-state index is 9.18. The van der Waals surface area contributed by atoms with Gasteiger partial charge in [-0.15, -0.1) is 0 Å². The first-order valence-electron chi connectivity index (χ1n) is 3.81. The number of β-amino-alcohol motifs (C(OH)–C–C–N with tert-alkyl or cyclic N) is 1. The molecule has 0 aromatic heterocycles. The molecule has 3 nitrogen and oxygen atoms in total. The maximum absolute atomic E-state index is 9.18. The van der Waals surface area contributed by atoms with Crippen LogP contribution in [0.4, 0.5) is 0 Å². The summed E-state index contributed by atoms with van der Waals surface area (Å²) in [5, 5.41) is 18.0. The highest BCUT2D eigenvalue weighted by atomic mass is 16.3. The minimum Gasteiger partial charge on any atom is -0.395 e. The van der Waals surface area contributed by atoms with E-state index in [0.29, 0.717) is 0 Å². The molecule has 0 aliphatic carbocycles. The van der Waals surface area contributed by atoms with E-state index in [2.05, 4.69) is 4.90 Å². The molecule has 0 spiro atoms. The van der Waals surface area contributed by atoms with E-state index in [1.54, 1.807) is 0 Å². The lowest BCUT2D eigenvalue weighted by Gasteiger charge is -2.19. The lowest BCUT2D eigenvalue weighted by Crippen LogP contribution is -2.31. The van der Waals surface area contributed by atoms with Crippen molar-refractivity contribution in [3.05, 3.63) is 0 Å². The zero-order chi connectivity index (χ0) is 7.56. The second kappa shape index (κ2) is 3.32. The van der Waals surface area contributed by atoms with Crippen LogP contribution in [0.15, 0.2) is 0 Å². The van der Waals surface area contributed by atoms with Crippen LogP contribution in [0.1, 0.15) is 13.3 Å². The fourth-order valence-electron chi connectivity index (χ4n) is 1.53. The van der Waals surface area contributed by atoms with Crippen molar-refractivity contribution in [1.29, 1.82) is 0 Å². The topological polar surface area (TPSA) is 43.7 Å². The van der Waals surface area contributed by atoms with Crippen LogP contribution in [0, 0.1) is 0 Å². The van der Waals surface area contributed by atoms with Gasteiger partial charge in [-0.05, 0) is 13.0 Å². The highest BCUT2D eigenvalue weighted by Crippen LogP contribution is 2.15. The number of nitrogens with zero attached hydrogens (tertiary/aromatic N) is 1. The summed E-state index contributed by atoms with van der Waals surface area (Å²) in [6, 6.07) is 0.194. The van der Waals surface area contributed by atoms with E-state index in [1.807, 2.05) is 6.92 Å². The second-order valence-electron chi connectivity index (χ2n) is 2.81. The summed E-state index contributed by atoms with van der Waals surface area (Å²) in [6.45, 7) is 3.86. The second-order valence-corrected chi connectivity index (χ2v) is 2.81. The minimum atomic E-state index is -0.225. The average molecular weight is 145 g/mol. The number of rotatable bonds is 2. The largest absolute Gasteiger partial charge is 0.395 e. The molecule has 0 amide bonds. The van der Waals surface area contributed by atoms with Gasteiger partial charge in [0.2, 0.25) is 0 Å². The van der Waals surface area contributed by atoms with Crippen molar-refractivity contribution in [2.45, 2.75) is 25.5 Å². The lowest BCUT2D eigenvalue weighted by atomic mass is 10.2. The molecule has 0 bridgehead atoms. The standard InChI is InChI=1S/C7H15NO2/c1-2-8-4-7(10)3-6(8)5-9/h6-7,9-10H,2-5H2,1H3/t6-,7-/m1/s1. The summed E-state index contributed by atoms with van der Waals surface area (Å²) in [4.78, 5) is 2.10. The van der Waals surface area contributed by atoms with Gasteiger partial charge in [-0.25, -0.2) is 0 Å². The molecule has 2 N–H and O–H groups in total. The van der Waals surface area contributed by atoms with Crippen LogP contribution in [0.5, 0.6) is 0 Å². The molecule has 1 rings (SSSR count). The normalized spacial score (nSPS) is 35.1. The van der Waals surface area contributed by atoms with Crippen molar-refractivity contribution in [2.75, 3.05) is 19.7 Å². The average Bonchev–Trinajstić information content (AvgIpc) is 2.30. The van der Waals surface area contributed by atoms with Crippen LogP contribution in [0.3, 0.4) is 0 Å². The molecule has 1 saturated heterocycles. The van der Waals surface area contributed by atoms with Crippen molar-refractivity contribution in [3.8, 4) is 0 Å². The molecule has 3 heteroatoms. The highest BCUT2D eigenvalue weighted by Gasteiger charge is 2.28. The number of aliphatic hydroxyl groups excluding tert-OH is 2. The van der Waals surface area contributed by atoms with Gasteiger partial charge in [0.1, 0.15) is 0 Å². The molecule has 10 heavy (non-hydrogen) atoms. The predicted molar refractivity (Wildman–Crippen MR) is 38.7 cm³/mol. The monoisotopic (exact) mass is 145 g/mol. The summed E-state index contributed by atoms with van der Waals surface area (Å²) >= 11 is 0. The molecule has 1 heterocycles. The van der Waals surface area contributed by atoms with Crippen LogP contribution < -0.4 is 0 Å². The van der Waals surface area contributed by atoms with E-state index in [9.17, 15) is 5.11 Å². The Kier molecular flexibility index (Phi) is 2.65. The smallest absolute Gasteiger partial charge is 0.0683 e. The van der Waals surface area contributed by atoms with E-state index in [-0.39, 0.29) is 18.8 Å². The zero-order valence-electron chi connectivity index (χ0n) is 6.32. The Labute approximate surface area is 61.3 Å². The number of likely N-dealkylation sites (N-methyl/N-ethyl adjacent to an activating group) is 1. The zero-order valence-corrected chi connectivity index (χ0v) is 6.32. The number of aliphatic hydroxyl groups is 2. The Morgan fingerprint density at radius 1 is 1.60 bits per heavy atom. The third kappa shape index (κ3) is 1.48. The molecule has 1 aliphatic rings. The van der Waals surface area contributed by atoms with E-state index in [4.69, 9.17) is 5.11 Å². The van der Waals surface area contributed by atoms with Crippen molar-refractivity contribution in [3.63, 3.8) is 0 Å². The SMILES string of the molecule is CCN1C[C@H](O)C[C@@H]1CO. The first-order chi connectivity index (χ1) is 4.77. The quantitative estimate of drug-likeness (QED) is 0.547. The molecule has 0 aromatic rings. The van der Waals surface area contributed by atoms with E-state index in [0.717, 1.165) is 19.5 Å². The van der Waals surface area contributed by atoms with E-state index in [1.165, 1.54) is 0 Å². The summed E-state index contributed by atoms with van der Waals surface area (Å²) in [5.74, 6) is 0. The van der Waals surface area contributed by atoms with Crippen LogP contribution in [-0.2, 0) is 0 Å². The fraction of sp³-hybridized carbons (Fsp3) is 1.00. The number of hydrogen-bond donors (Lipinski definition) is 2. The van der Waals surface area contributed by atoms with Gasteiger partial charge >= 0.3 is 0 Å². The van der Waals surface area contributed by atoms with Crippen LogP contribution in [0.25, 0.3) is 0 Å². The molecule has 0 unspecified atom stereocenters. The van der Waals surface area contributed by atoms with Crippen molar-refractivity contribution < 1.29 is 10.2 Å². The summed E-state index contributed by atoms with van der Waals surface area (Å²) < 4.78 is 0. The van der Waals surface area contributed by atoms with Crippen LogP contribution >= 0.6 is 0 Å². The maximum Gasteiger partial charge on any atom is 0.0683 e. The molecular formula is C7H15NO2. The van der Waals surface area contributed by atoms with Crippen molar-refractivity contribution in [1.82, 2.24) is 4.90 Å². The van der Waals surface area contributed by atoms with Gasteiger partial charge in [-0.3, -0.25) is 4.90 Å². The van der Waals surface area contributed by atoms with Crippen LogP contribution in [-0.4, -0.2) is 47.0 Å². The fourth-order valence-corrected chi connectivity index (χ4v) is 1.53. The minimum absolute atomic E-state index is 0.172. The van der Waals surface area contributed by atoms with Gasteiger partial charge in [0.15, 0.2) is 0 Å². The van der Waals surface area contributed by atoms with Crippen LogP contribution in [0.2, 0.25) is 0 Å². The third-order valence-electron chi connectivity index (χ3n) is 2.12. The first-order valence-corrected chi connectivity index (χ1v) is 3.81. The molecule has 1 fully saturated rings. The Hall–Kier alpha value is -0.120. The molecular weight excluding hydrogens is 130 g/mol. The molecule has 1 aliphatic heterocycles. The van der Waals surface area contributed by atoms with Gasteiger partial charge < -0.3 is 10.2 Å². The Morgan fingerprint density at radius 2 is 2.30 bits per heavy atom. The number of likely N-dealkylation sites (tertiary alicyclic amines) is 1. The number of hydrogen-bond acceptors (Lipinski definition) is 3. The van der Waals surface area contributed by atoms with Gasteiger partial charge in [0.25, 0.3) is 0 Å².